The number of aromatic nitrogens is 4. The van der Waals surface area contributed by atoms with Crippen LogP contribution in [-0.2, 0) is 13.1 Å². The molecule has 0 bridgehead atoms. The van der Waals surface area contributed by atoms with Crippen LogP contribution in [0.3, 0.4) is 0 Å². The zero-order valence-electron chi connectivity index (χ0n) is 19.7. The number of amides is 1. The molecule has 5 aromatic rings. The Labute approximate surface area is 212 Å². The zero-order valence-corrected chi connectivity index (χ0v) is 20.5. The van der Waals surface area contributed by atoms with E-state index < -0.39 is 0 Å². The lowest BCUT2D eigenvalue weighted by Gasteiger charge is -2.11. The topological polar surface area (TPSA) is 103 Å². The van der Waals surface area contributed by atoms with Crippen molar-refractivity contribution in [1.29, 1.82) is 0 Å². The van der Waals surface area contributed by atoms with Crippen LogP contribution in [0.25, 0.3) is 26.8 Å². The first kappa shape index (κ1) is 23.3. The zero-order chi connectivity index (χ0) is 25.4. The Bertz CT molecular complexity index is 1680. The number of hydrogen-bond acceptors (Lipinski definition) is 5. The quantitative estimate of drug-likeness (QED) is 0.319. The summed E-state index contributed by atoms with van der Waals surface area (Å²) >= 11 is 6.12. The van der Waals surface area contributed by atoms with Gasteiger partial charge in [-0.2, -0.15) is 0 Å². The molecule has 178 valence electrons. The van der Waals surface area contributed by atoms with E-state index in [1.54, 1.807) is 24.5 Å². The van der Waals surface area contributed by atoms with Crippen LogP contribution in [0, 0.1) is 20.4 Å². The minimum Gasteiger partial charge on any atom is -0.384 e. The molecule has 0 unspecified atom stereocenters. The Morgan fingerprint density at radius 3 is 2.78 bits per heavy atom. The van der Waals surface area contributed by atoms with Gasteiger partial charge in [-0.25, -0.2) is 14.8 Å². The highest BCUT2D eigenvalue weighted by molar-refractivity contribution is 6.31. The summed E-state index contributed by atoms with van der Waals surface area (Å²) in [5.74, 6) is 0.195. The smallest absolute Gasteiger partial charge is 0.253 e. The molecule has 3 N–H and O–H groups in total. The average Bonchev–Trinajstić information content (AvgIpc) is 3.20. The largest absolute Gasteiger partial charge is 0.384 e. The Hall–Kier alpha value is -4.48. The van der Waals surface area contributed by atoms with Crippen LogP contribution in [0.15, 0.2) is 55.0 Å². The summed E-state index contributed by atoms with van der Waals surface area (Å²) in [6, 6.07) is 11.3. The number of carbonyl (C=O) groups excluding carboxylic acids is 1. The number of aryl methyl sites for hydroxylation is 2. The van der Waals surface area contributed by atoms with E-state index in [0.29, 0.717) is 46.2 Å². The molecule has 4 heterocycles. The molecule has 0 saturated heterocycles. The van der Waals surface area contributed by atoms with Crippen LogP contribution < -0.4 is 11.1 Å². The first-order valence-corrected chi connectivity index (χ1v) is 11.6. The Kier molecular flexibility index (Phi) is 6.00. The minimum absolute atomic E-state index is 0.257. The summed E-state index contributed by atoms with van der Waals surface area (Å²) < 4.78 is 1.92. The molecule has 4 aromatic heterocycles. The van der Waals surface area contributed by atoms with Crippen molar-refractivity contribution in [1.82, 2.24) is 24.8 Å². The molecule has 0 atom stereocenters. The standard InChI is InChI=1S/C27H22ClN7O/c1-15-6-25(29)34-16(2)22(15)12-33-27(36)23-14-35(26-21(23)9-20(30-3)11-32-26)13-17-4-5-24-18(7-17)8-19(28)10-31-24/h4-11,14H,12-13H2,1-2H3,(H2,29,34)(H,33,36). The number of hydrogen-bond donors (Lipinski definition) is 2. The second-order valence-corrected chi connectivity index (χ2v) is 9.07. The molecule has 1 aromatic carbocycles. The van der Waals surface area contributed by atoms with Crippen LogP contribution in [0.5, 0.6) is 0 Å². The van der Waals surface area contributed by atoms with Crippen molar-refractivity contribution in [3.63, 3.8) is 0 Å². The first-order chi connectivity index (χ1) is 17.3. The van der Waals surface area contributed by atoms with Crippen molar-refractivity contribution >= 4 is 50.9 Å². The lowest BCUT2D eigenvalue weighted by atomic mass is 10.1. The summed E-state index contributed by atoms with van der Waals surface area (Å²) in [7, 11) is 0. The number of nitrogens with one attached hydrogen (secondary N) is 1. The molecule has 5 rings (SSSR count). The Balaban J connectivity index is 1.49. The number of rotatable bonds is 5. The average molecular weight is 496 g/mol. The minimum atomic E-state index is -0.257. The van der Waals surface area contributed by atoms with Gasteiger partial charge in [-0.15, -0.1) is 0 Å². The maximum absolute atomic E-state index is 13.3. The van der Waals surface area contributed by atoms with Gasteiger partial charge in [0.15, 0.2) is 0 Å². The van der Waals surface area contributed by atoms with Crippen LogP contribution in [-0.4, -0.2) is 25.4 Å². The molecule has 1 amide bonds. The van der Waals surface area contributed by atoms with E-state index in [4.69, 9.17) is 23.9 Å². The summed E-state index contributed by atoms with van der Waals surface area (Å²) in [5.41, 5.74) is 11.8. The summed E-state index contributed by atoms with van der Waals surface area (Å²) in [4.78, 5) is 29.9. The summed E-state index contributed by atoms with van der Waals surface area (Å²) in [5, 5.41) is 5.11. The number of benzene rings is 1. The molecule has 0 aliphatic carbocycles. The highest BCUT2D eigenvalue weighted by atomic mass is 35.5. The fraction of sp³-hybridized carbons (Fsp3) is 0.148. The van der Waals surface area contributed by atoms with Gasteiger partial charge in [-0.1, -0.05) is 17.7 Å². The fourth-order valence-corrected chi connectivity index (χ4v) is 4.56. The molecule has 0 fully saturated rings. The molecule has 0 aliphatic heterocycles. The van der Waals surface area contributed by atoms with Crippen molar-refractivity contribution in [3.8, 4) is 0 Å². The molecular weight excluding hydrogens is 474 g/mol. The third-order valence-electron chi connectivity index (χ3n) is 6.14. The van der Waals surface area contributed by atoms with E-state index in [0.717, 1.165) is 33.3 Å². The number of carbonyl (C=O) groups is 1. The van der Waals surface area contributed by atoms with Gasteiger partial charge < -0.3 is 15.6 Å². The number of halogens is 1. The third kappa shape index (κ3) is 4.44. The van der Waals surface area contributed by atoms with Crippen molar-refractivity contribution in [2.24, 2.45) is 0 Å². The molecular formula is C27H22ClN7O. The predicted molar refractivity (Wildman–Crippen MR) is 141 cm³/mol. The van der Waals surface area contributed by atoms with E-state index in [2.05, 4.69) is 25.1 Å². The van der Waals surface area contributed by atoms with Gasteiger partial charge in [0.1, 0.15) is 11.5 Å². The Morgan fingerprint density at radius 2 is 2.00 bits per heavy atom. The molecule has 8 nitrogen and oxygen atoms in total. The number of anilines is 1. The number of pyridine rings is 3. The molecule has 0 spiro atoms. The summed E-state index contributed by atoms with van der Waals surface area (Å²) in [6.07, 6.45) is 4.92. The second kappa shape index (κ2) is 9.29. The van der Waals surface area contributed by atoms with Crippen LogP contribution >= 0.6 is 11.6 Å². The second-order valence-electron chi connectivity index (χ2n) is 8.64. The third-order valence-corrected chi connectivity index (χ3v) is 6.34. The van der Waals surface area contributed by atoms with Crippen LogP contribution in [0.1, 0.15) is 32.7 Å². The van der Waals surface area contributed by atoms with E-state index in [1.807, 2.05) is 42.7 Å². The molecule has 0 saturated carbocycles. The van der Waals surface area contributed by atoms with Crippen molar-refractivity contribution in [2.45, 2.75) is 26.9 Å². The first-order valence-electron chi connectivity index (χ1n) is 11.2. The van der Waals surface area contributed by atoms with E-state index in [-0.39, 0.29) is 5.91 Å². The van der Waals surface area contributed by atoms with Crippen molar-refractivity contribution < 1.29 is 4.79 Å². The molecule has 0 radical (unpaired) electrons. The van der Waals surface area contributed by atoms with Crippen molar-refractivity contribution in [2.75, 3.05) is 5.73 Å². The van der Waals surface area contributed by atoms with E-state index >= 15 is 0 Å². The molecule has 0 aliphatic rings. The molecule has 36 heavy (non-hydrogen) atoms. The SMILES string of the molecule is [C-]#[N+]c1cnc2c(c1)c(C(=O)NCc1c(C)cc(N)nc1C)cn2Cc1ccc2ncc(Cl)cc2c1. The van der Waals surface area contributed by atoms with Gasteiger partial charge in [0.05, 0.1) is 22.7 Å². The highest BCUT2D eigenvalue weighted by Gasteiger charge is 2.18. The van der Waals surface area contributed by atoms with Crippen LogP contribution in [0.4, 0.5) is 11.5 Å². The predicted octanol–water partition coefficient (Wildman–Crippen LogP) is 5.36. The number of fused-ring (bicyclic) bond motifs is 2. The van der Waals surface area contributed by atoms with Crippen molar-refractivity contribution in [3.05, 3.63) is 99.4 Å². The van der Waals surface area contributed by atoms with Gasteiger partial charge in [0, 0.05) is 48.1 Å². The van der Waals surface area contributed by atoms with E-state index in [1.165, 1.54) is 6.20 Å². The highest BCUT2D eigenvalue weighted by Crippen LogP contribution is 2.26. The maximum atomic E-state index is 13.3. The summed E-state index contributed by atoms with van der Waals surface area (Å²) in [6.45, 7) is 12.0. The number of nitrogens with zero attached hydrogens (tertiary/aromatic N) is 5. The normalized spacial score (nSPS) is 11.1. The number of nitrogens with two attached hydrogens (primary N) is 1. The van der Waals surface area contributed by atoms with Crippen LogP contribution in [0.2, 0.25) is 5.02 Å². The number of nitrogen functional groups attached to an aromatic ring is 1. The van der Waals surface area contributed by atoms with Gasteiger partial charge in [0.25, 0.3) is 5.91 Å². The Morgan fingerprint density at radius 1 is 1.17 bits per heavy atom. The van der Waals surface area contributed by atoms with E-state index in [9.17, 15) is 4.79 Å². The molecule has 9 heteroatoms. The van der Waals surface area contributed by atoms with Gasteiger partial charge in [-0.05, 0) is 60.9 Å². The van der Waals surface area contributed by atoms with Gasteiger partial charge in [-0.3, -0.25) is 9.78 Å². The monoisotopic (exact) mass is 495 g/mol. The lowest BCUT2D eigenvalue weighted by molar-refractivity contribution is 0.0952. The fourth-order valence-electron chi connectivity index (χ4n) is 4.39. The van der Waals surface area contributed by atoms with Gasteiger partial charge >= 0.3 is 0 Å². The van der Waals surface area contributed by atoms with Gasteiger partial charge in [0.2, 0.25) is 5.69 Å². The lowest BCUT2D eigenvalue weighted by Crippen LogP contribution is -2.24. The maximum Gasteiger partial charge on any atom is 0.253 e.